The number of carbonyl (C=O) groups is 2. The van der Waals surface area contributed by atoms with Gasteiger partial charge in [-0.2, -0.15) is 0 Å². The Morgan fingerprint density at radius 1 is 1.20 bits per heavy atom. The average molecular weight is 275 g/mol. The van der Waals surface area contributed by atoms with Gasteiger partial charge in [0.05, 0.1) is 12.5 Å². The molecule has 0 aromatic heterocycles. The van der Waals surface area contributed by atoms with Gasteiger partial charge in [-0.3, -0.25) is 9.59 Å². The Morgan fingerprint density at radius 3 is 2.45 bits per heavy atom. The number of esters is 1. The Hall–Kier alpha value is -2.10. The van der Waals surface area contributed by atoms with Crippen LogP contribution in [0.15, 0.2) is 42.5 Å². The van der Waals surface area contributed by atoms with Gasteiger partial charge in [-0.15, -0.1) is 0 Å². The van der Waals surface area contributed by atoms with Crippen molar-refractivity contribution in [2.45, 2.75) is 26.8 Å². The zero-order valence-electron chi connectivity index (χ0n) is 12.1. The number of amides is 1. The largest absolute Gasteiger partial charge is 0.466 e. The summed E-state index contributed by atoms with van der Waals surface area (Å²) in [6, 6.07) is 8.86. The highest BCUT2D eigenvalue weighted by molar-refractivity contribution is 5.94. The minimum atomic E-state index is -0.314. The van der Waals surface area contributed by atoms with Crippen molar-refractivity contribution >= 4 is 11.9 Å². The van der Waals surface area contributed by atoms with Crippen LogP contribution in [-0.4, -0.2) is 24.5 Å². The lowest BCUT2D eigenvalue weighted by molar-refractivity contribution is -0.145. The molecule has 0 aliphatic rings. The van der Waals surface area contributed by atoms with Crippen molar-refractivity contribution in [3.8, 4) is 0 Å². The molecule has 1 rings (SSSR count). The van der Waals surface area contributed by atoms with E-state index in [9.17, 15) is 9.59 Å². The molecule has 0 aliphatic carbocycles. The first kappa shape index (κ1) is 16.0. The Bertz CT molecular complexity index is 468. The zero-order chi connectivity index (χ0) is 15.0. The van der Waals surface area contributed by atoms with E-state index in [4.69, 9.17) is 4.74 Å². The summed E-state index contributed by atoms with van der Waals surface area (Å²) in [4.78, 5) is 23.3. The van der Waals surface area contributed by atoms with Crippen molar-refractivity contribution in [1.82, 2.24) is 5.32 Å². The standard InChI is InChI=1S/C16H21NO3/c1-4-20-16(19)12(2)10-11-13(3)17-15(18)14-8-6-5-7-9-14/h5-13H,4H2,1-3H3,(H,17,18)/b11-10+/t12-,13-/m1/s1. The summed E-state index contributed by atoms with van der Waals surface area (Å²) in [5, 5.41) is 2.84. The maximum absolute atomic E-state index is 11.9. The summed E-state index contributed by atoms with van der Waals surface area (Å²) < 4.78 is 4.91. The molecule has 1 aromatic rings. The molecule has 20 heavy (non-hydrogen) atoms. The van der Waals surface area contributed by atoms with Crippen molar-refractivity contribution in [2.24, 2.45) is 5.92 Å². The molecular formula is C16H21NO3. The topological polar surface area (TPSA) is 55.4 Å². The van der Waals surface area contributed by atoms with Crippen LogP contribution in [0.25, 0.3) is 0 Å². The van der Waals surface area contributed by atoms with Crippen LogP contribution in [0.2, 0.25) is 0 Å². The highest BCUT2D eigenvalue weighted by atomic mass is 16.5. The van der Waals surface area contributed by atoms with E-state index in [-0.39, 0.29) is 23.8 Å². The normalized spacial score (nSPS) is 13.8. The Kier molecular flexibility index (Phi) is 6.50. The summed E-state index contributed by atoms with van der Waals surface area (Å²) in [5.74, 6) is -0.706. The molecule has 0 fully saturated rings. The molecule has 0 saturated carbocycles. The van der Waals surface area contributed by atoms with Crippen LogP contribution >= 0.6 is 0 Å². The quantitative estimate of drug-likeness (QED) is 0.641. The van der Waals surface area contributed by atoms with Crippen molar-refractivity contribution in [2.75, 3.05) is 6.61 Å². The zero-order valence-corrected chi connectivity index (χ0v) is 12.1. The van der Waals surface area contributed by atoms with Crippen LogP contribution in [0, 0.1) is 5.92 Å². The van der Waals surface area contributed by atoms with Gasteiger partial charge >= 0.3 is 5.97 Å². The third kappa shape index (κ3) is 5.26. The van der Waals surface area contributed by atoms with Crippen LogP contribution in [0.3, 0.4) is 0 Å². The molecule has 1 N–H and O–H groups in total. The SMILES string of the molecule is CCOC(=O)[C@H](C)/C=C/[C@@H](C)NC(=O)c1ccccc1. The predicted molar refractivity (Wildman–Crippen MR) is 78.3 cm³/mol. The molecular weight excluding hydrogens is 254 g/mol. The maximum Gasteiger partial charge on any atom is 0.312 e. The van der Waals surface area contributed by atoms with Crippen LogP contribution < -0.4 is 5.32 Å². The number of hydrogen-bond donors (Lipinski definition) is 1. The molecule has 0 bridgehead atoms. The molecule has 108 valence electrons. The fourth-order valence-electron chi connectivity index (χ4n) is 1.61. The number of nitrogens with one attached hydrogen (secondary N) is 1. The molecule has 1 aromatic carbocycles. The number of hydrogen-bond acceptors (Lipinski definition) is 3. The fraction of sp³-hybridized carbons (Fsp3) is 0.375. The summed E-state index contributed by atoms with van der Waals surface area (Å²) in [6.45, 7) is 5.77. The molecule has 0 unspecified atom stereocenters. The number of ether oxygens (including phenoxy) is 1. The molecule has 4 heteroatoms. The molecule has 2 atom stereocenters. The van der Waals surface area contributed by atoms with E-state index in [0.717, 1.165) is 0 Å². The van der Waals surface area contributed by atoms with Crippen molar-refractivity contribution < 1.29 is 14.3 Å². The number of carbonyl (C=O) groups excluding carboxylic acids is 2. The second-order valence-corrected chi connectivity index (χ2v) is 4.55. The van der Waals surface area contributed by atoms with Crippen LogP contribution in [0.1, 0.15) is 31.1 Å². The minimum Gasteiger partial charge on any atom is -0.466 e. The lowest BCUT2D eigenvalue weighted by Crippen LogP contribution is -2.31. The smallest absolute Gasteiger partial charge is 0.312 e. The van der Waals surface area contributed by atoms with Crippen molar-refractivity contribution in [1.29, 1.82) is 0 Å². The van der Waals surface area contributed by atoms with Gasteiger partial charge in [-0.25, -0.2) is 0 Å². The summed E-state index contributed by atoms with van der Waals surface area (Å²) in [6.07, 6.45) is 3.54. The highest BCUT2D eigenvalue weighted by Gasteiger charge is 2.11. The Labute approximate surface area is 119 Å². The molecule has 0 saturated heterocycles. The van der Waals surface area contributed by atoms with Crippen molar-refractivity contribution in [3.63, 3.8) is 0 Å². The van der Waals surface area contributed by atoms with Crippen LogP contribution in [0.5, 0.6) is 0 Å². The van der Waals surface area contributed by atoms with E-state index < -0.39 is 0 Å². The molecule has 0 spiro atoms. The van der Waals surface area contributed by atoms with Gasteiger partial charge in [0.15, 0.2) is 0 Å². The Balaban J connectivity index is 2.49. The van der Waals surface area contributed by atoms with E-state index in [2.05, 4.69) is 5.32 Å². The number of rotatable bonds is 6. The highest BCUT2D eigenvalue weighted by Crippen LogP contribution is 2.03. The fourth-order valence-corrected chi connectivity index (χ4v) is 1.61. The predicted octanol–water partition coefficient (Wildman–Crippen LogP) is 2.56. The van der Waals surface area contributed by atoms with Crippen molar-refractivity contribution in [3.05, 3.63) is 48.0 Å². The second kappa shape index (κ2) is 8.15. The monoisotopic (exact) mass is 275 g/mol. The van der Waals surface area contributed by atoms with E-state index in [1.807, 2.05) is 25.1 Å². The summed E-state index contributed by atoms with van der Waals surface area (Å²) in [7, 11) is 0. The average Bonchev–Trinajstić information content (AvgIpc) is 2.45. The molecule has 4 nitrogen and oxygen atoms in total. The molecule has 0 radical (unpaired) electrons. The van der Waals surface area contributed by atoms with Crippen LogP contribution in [-0.2, 0) is 9.53 Å². The first-order valence-corrected chi connectivity index (χ1v) is 6.75. The van der Waals surface area contributed by atoms with Gasteiger partial charge in [0.1, 0.15) is 0 Å². The molecule has 1 amide bonds. The van der Waals surface area contributed by atoms with E-state index in [1.54, 1.807) is 38.1 Å². The third-order valence-electron chi connectivity index (χ3n) is 2.74. The van der Waals surface area contributed by atoms with E-state index >= 15 is 0 Å². The number of benzene rings is 1. The maximum atomic E-state index is 11.9. The van der Waals surface area contributed by atoms with E-state index in [1.165, 1.54) is 0 Å². The second-order valence-electron chi connectivity index (χ2n) is 4.55. The summed E-state index contributed by atoms with van der Waals surface area (Å²) >= 11 is 0. The Morgan fingerprint density at radius 2 is 1.85 bits per heavy atom. The van der Waals surface area contributed by atoms with Crippen LogP contribution in [0.4, 0.5) is 0 Å². The van der Waals surface area contributed by atoms with Gasteiger partial charge in [-0.1, -0.05) is 30.4 Å². The van der Waals surface area contributed by atoms with Gasteiger partial charge in [-0.05, 0) is 32.9 Å². The summed E-state index contributed by atoms with van der Waals surface area (Å²) in [5.41, 5.74) is 0.617. The van der Waals surface area contributed by atoms with Gasteiger partial charge in [0, 0.05) is 11.6 Å². The first-order chi connectivity index (χ1) is 9.54. The van der Waals surface area contributed by atoms with Gasteiger partial charge < -0.3 is 10.1 Å². The molecule has 0 heterocycles. The molecule has 0 aliphatic heterocycles. The minimum absolute atomic E-state index is 0.133. The third-order valence-corrected chi connectivity index (χ3v) is 2.74. The van der Waals surface area contributed by atoms with E-state index in [0.29, 0.717) is 12.2 Å². The lowest BCUT2D eigenvalue weighted by Gasteiger charge is -2.11. The van der Waals surface area contributed by atoms with Gasteiger partial charge in [0.25, 0.3) is 5.91 Å². The first-order valence-electron chi connectivity index (χ1n) is 6.75. The lowest BCUT2D eigenvalue weighted by atomic mass is 10.1. The van der Waals surface area contributed by atoms with Gasteiger partial charge in [0.2, 0.25) is 0 Å².